The Hall–Kier alpha value is -0.850. The van der Waals surface area contributed by atoms with Gasteiger partial charge in [-0.25, -0.2) is 0 Å². The second-order valence-electron chi connectivity index (χ2n) is 4.93. The highest BCUT2D eigenvalue weighted by atomic mass is 35.5. The van der Waals surface area contributed by atoms with Crippen molar-refractivity contribution in [2.24, 2.45) is 0 Å². The number of aryl methyl sites for hydroxylation is 1. The molecule has 1 N–H and O–H groups in total. The van der Waals surface area contributed by atoms with Crippen LogP contribution in [-0.2, 0) is 17.8 Å². The molecule has 5 nitrogen and oxygen atoms in total. The Labute approximate surface area is 130 Å². The van der Waals surface area contributed by atoms with E-state index in [1.54, 1.807) is 6.20 Å². The van der Waals surface area contributed by atoms with Gasteiger partial charge >= 0.3 is 0 Å². The van der Waals surface area contributed by atoms with Gasteiger partial charge in [-0.05, 0) is 32.0 Å². The topological polar surface area (TPSA) is 42.3 Å². The number of hydrogen-bond donors (Lipinski definition) is 1. The first-order valence-electron chi connectivity index (χ1n) is 6.92. The monoisotopic (exact) mass is 316 g/mol. The molecule has 1 fully saturated rings. The molecule has 20 heavy (non-hydrogen) atoms. The highest BCUT2D eigenvalue weighted by Crippen LogP contribution is 2.17. The van der Waals surface area contributed by atoms with Gasteiger partial charge in [-0.3, -0.25) is 4.68 Å². The smallest absolute Gasteiger partial charge is 0.169 e. The molecule has 0 bridgehead atoms. The lowest BCUT2D eigenvalue weighted by molar-refractivity contribution is 0.113. The summed E-state index contributed by atoms with van der Waals surface area (Å²) in [5.41, 5.74) is 0.984. The van der Waals surface area contributed by atoms with Crippen LogP contribution in [0.5, 0.6) is 0 Å². The summed E-state index contributed by atoms with van der Waals surface area (Å²) in [7, 11) is 1.95. The number of aromatic nitrogens is 2. The molecule has 1 aliphatic rings. The first-order valence-corrected chi connectivity index (χ1v) is 7.71. The Bertz CT molecular complexity index is 459. The Morgan fingerprint density at radius 3 is 3.15 bits per heavy atom. The molecule has 0 radical (unpaired) electrons. The average Bonchev–Trinajstić information content (AvgIpc) is 3.07. The average molecular weight is 317 g/mol. The molecule has 0 amide bonds. The number of hydrogen-bond acceptors (Lipinski definition) is 3. The van der Waals surface area contributed by atoms with Crippen LogP contribution in [0.15, 0.2) is 6.20 Å². The van der Waals surface area contributed by atoms with Crippen LogP contribution in [0, 0.1) is 0 Å². The van der Waals surface area contributed by atoms with Gasteiger partial charge in [0.05, 0.1) is 29.6 Å². The van der Waals surface area contributed by atoms with Gasteiger partial charge in [0.1, 0.15) is 0 Å². The van der Waals surface area contributed by atoms with Gasteiger partial charge in [-0.1, -0.05) is 11.6 Å². The van der Waals surface area contributed by atoms with Gasteiger partial charge in [-0.2, -0.15) is 5.10 Å². The number of nitrogens with zero attached hydrogens (tertiary/aromatic N) is 3. The van der Waals surface area contributed by atoms with E-state index in [-0.39, 0.29) is 6.10 Å². The van der Waals surface area contributed by atoms with Crippen LogP contribution in [0.2, 0.25) is 5.02 Å². The van der Waals surface area contributed by atoms with E-state index in [1.165, 1.54) is 0 Å². The molecule has 1 saturated heterocycles. The summed E-state index contributed by atoms with van der Waals surface area (Å²) in [5, 5.41) is 8.87. The van der Waals surface area contributed by atoms with Crippen molar-refractivity contribution < 1.29 is 4.74 Å². The fraction of sp³-hybridized carbons (Fsp3) is 0.692. The van der Waals surface area contributed by atoms with Crippen molar-refractivity contribution in [3.63, 3.8) is 0 Å². The van der Waals surface area contributed by atoms with Gasteiger partial charge in [0.2, 0.25) is 0 Å². The minimum atomic E-state index is 0.283. The van der Waals surface area contributed by atoms with Gasteiger partial charge in [-0.15, -0.1) is 0 Å². The number of rotatable bonds is 5. The van der Waals surface area contributed by atoms with Crippen molar-refractivity contribution in [2.75, 3.05) is 20.2 Å². The highest BCUT2D eigenvalue weighted by molar-refractivity contribution is 7.80. The molecular weight excluding hydrogens is 296 g/mol. The predicted octanol–water partition coefficient (Wildman–Crippen LogP) is 2.04. The molecule has 7 heteroatoms. The van der Waals surface area contributed by atoms with Crippen molar-refractivity contribution in [1.82, 2.24) is 20.0 Å². The summed E-state index contributed by atoms with van der Waals surface area (Å²) in [6.07, 6.45) is 4.21. The molecule has 0 aromatic carbocycles. The summed E-state index contributed by atoms with van der Waals surface area (Å²) in [6.45, 7) is 5.11. The van der Waals surface area contributed by atoms with E-state index in [0.29, 0.717) is 16.7 Å². The zero-order valence-corrected chi connectivity index (χ0v) is 13.5. The van der Waals surface area contributed by atoms with Crippen LogP contribution in [0.3, 0.4) is 0 Å². The summed E-state index contributed by atoms with van der Waals surface area (Å²) < 4.78 is 7.46. The molecule has 0 aliphatic carbocycles. The first kappa shape index (κ1) is 15.5. The van der Waals surface area contributed by atoms with Crippen molar-refractivity contribution in [2.45, 2.75) is 39.0 Å². The Morgan fingerprint density at radius 2 is 2.50 bits per heavy atom. The van der Waals surface area contributed by atoms with Gasteiger partial charge in [0, 0.05) is 26.7 Å². The van der Waals surface area contributed by atoms with Crippen LogP contribution < -0.4 is 5.32 Å². The molecule has 1 unspecified atom stereocenters. The van der Waals surface area contributed by atoms with E-state index in [0.717, 1.165) is 38.2 Å². The largest absolute Gasteiger partial charge is 0.376 e. The van der Waals surface area contributed by atoms with Gasteiger partial charge in [0.25, 0.3) is 0 Å². The maximum atomic E-state index is 6.16. The number of nitrogens with one attached hydrogen (secondary N) is 1. The second kappa shape index (κ2) is 7.24. The molecule has 0 saturated carbocycles. The zero-order valence-electron chi connectivity index (χ0n) is 11.9. The van der Waals surface area contributed by atoms with Crippen LogP contribution >= 0.6 is 23.8 Å². The SMILES string of the molecule is CCn1ncc(Cl)c1CN(C)C(=S)NCC1CCCO1. The summed E-state index contributed by atoms with van der Waals surface area (Å²) in [6, 6.07) is 0. The van der Waals surface area contributed by atoms with Crippen molar-refractivity contribution >= 4 is 28.9 Å². The van der Waals surface area contributed by atoms with Crippen molar-refractivity contribution in [3.05, 3.63) is 16.9 Å². The lowest BCUT2D eigenvalue weighted by atomic mass is 10.2. The van der Waals surface area contributed by atoms with Crippen LogP contribution in [0.1, 0.15) is 25.5 Å². The highest BCUT2D eigenvalue weighted by Gasteiger charge is 2.17. The molecule has 2 heterocycles. The van der Waals surface area contributed by atoms with E-state index in [4.69, 9.17) is 28.6 Å². The number of halogens is 1. The molecule has 2 rings (SSSR count). The molecular formula is C13H21ClN4OS. The quantitative estimate of drug-likeness (QED) is 0.842. The van der Waals surface area contributed by atoms with Gasteiger partial charge < -0.3 is 15.0 Å². The van der Waals surface area contributed by atoms with E-state index in [1.807, 2.05) is 23.6 Å². The van der Waals surface area contributed by atoms with E-state index < -0.39 is 0 Å². The summed E-state index contributed by atoms with van der Waals surface area (Å²) >= 11 is 11.6. The minimum absolute atomic E-state index is 0.283. The van der Waals surface area contributed by atoms with Crippen LogP contribution in [0.25, 0.3) is 0 Å². The lowest BCUT2D eigenvalue weighted by Crippen LogP contribution is -2.40. The third-order valence-electron chi connectivity index (χ3n) is 3.44. The minimum Gasteiger partial charge on any atom is -0.376 e. The van der Waals surface area contributed by atoms with Crippen LogP contribution in [0.4, 0.5) is 0 Å². The maximum Gasteiger partial charge on any atom is 0.169 e. The molecule has 1 aromatic rings. The fourth-order valence-electron chi connectivity index (χ4n) is 2.26. The normalized spacial score (nSPS) is 18.2. The zero-order chi connectivity index (χ0) is 14.5. The van der Waals surface area contributed by atoms with E-state index in [2.05, 4.69) is 10.4 Å². The Balaban J connectivity index is 1.85. The maximum absolute atomic E-state index is 6.16. The molecule has 1 aliphatic heterocycles. The van der Waals surface area contributed by atoms with Crippen LogP contribution in [-0.4, -0.2) is 46.1 Å². The van der Waals surface area contributed by atoms with E-state index in [9.17, 15) is 0 Å². The molecule has 112 valence electrons. The fourth-order valence-corrected chi connectivity index (χ4v) is 2.60. The van der Waals surface area contributed by atoms with Crippen molar-refractivity contribution in [3.8, 4) is 0 Å². The first-order chi connectivity index (χ1) is 9.61. The van der Waals surface area contributed by atoms with E-state index >= 15 is 0 Å². The standard InChI is InChI=1S/C13H21ClN4OS/c1-3-18-12(11(14)8-16-18)9-17(2)13(20)15-7-10-5-4-6-19-10/h8,10H,3-7,9H2,1-2H3,(H,15,20). The summed E-state index contributed by atoms with van der Waals surface area (Å²) in [5.74, 6) is 0. The number of thiocarbonyl (C=S) groups is 1. The third kappa shape index (κ3) is 3.84. The summed E-state index contributed by atoms with van der Waals surface area (Å²) in [4.78, 5) is 1.97. The van der Waals surface area contributed by atoms with Gasteiger partial charge in [0.15, 0.2) is 5.11 Å². The Kier molecular flexibility index (Phi) is 5.63. The molecule has 1 aromatic heterocycles. The van der Waals surface area contributed by atoms with Crippen molar-refractivity contribution in [1.29, 1.82) is 0 Å². The predicted molar refractivity (Wildman–Crippen MR) is 84.0 cm³/mol. The molecule has 0 spiro atoms. The lowest BCUT2D eigenvalue weighted by Gasteiger charge is -2.22. The third-order valence-corrected chi connectivity index (χ3v) is 4.21. The molecule has 1 atom stereocenters. The number of ether oxygens (including phenoxy) is 1. The second-order valence-corrected chi connectivity index (χ2v) is 5.73. The Morgan fingerprint density at radius 1 is 1.70 bits per heavy atom.